The van der Waals surface area contributed by atoms with Crippen LogP contribution in [0.4, 0.5) is 0 Å². The molecular formula is C10H15O2. The largest absolute Gasteiger partial charge is 0.303 e. The minimum absolute atomic E-state index is 0.229. The van der Waals surface area contributed by atoms with Gasteiger partial charge in [-0.25, -0.2) is 5.11 Å². The van der Waals surface area contributed by atoms with Crippen molar-refractivity contribution in [3.63, 3.8) is 0 Å². The molecule has 2 rings (SSSR count). The van der Waals surface area contributed by atoms with Gasteiger partial charge in [-0.15, -0.1) is 0 Å². The zero-order chi connectivity index (χ0) is 8.60. The molecule has 1 radical (unpaired) electrons. The summed E-state index contributed by atoms with van der Waals surface area (Å²) in [5, 5.41) is 11.4. The highest BCUT2D eigenvalue weighted by atomic mass is 16.3. The molecule has 0 bridgehead atoms. The lowest BCUT2D eigenvalue weighted by Gasteiger charge is -2.09. The third-order valence-corrected chi connectivity index (χ3v) is 3.63. The van der Waals surface area contributed by atoms with Gasteiger partial charge in [0.2, 0.25) is 0 Å². The molecule has 2 heteroatoms. The third kappa shape index (κ3) is 1.18. The zero-order valence-corrected chi connectivity index (χ0v) is 7.29. The number of hydrogen-bond acceptors (Lipinski definition) is 1. The quantitative estimate of drug-likeness (QED) is 0.592. The third-order valence-electron chi connectivity index (χ3n) is 3.63. The predicted octanol–water partition coefficient (Wildman–Crippen LogP) is 1.95. The van der Waals surface area contributed by atoms with Crippen molar-refractivity contribution in [2.24, 2.45) is 11.3 Å². The van der Waals surface area contributed by atoms with Crippen molar-refractivity contribution in [1.29, 1.82) is 0 Å². The summed E-state index contributed by atoms with van der Waals surface area (Å²) >= 11 is 0. The van der Waals surface area contributed by atoms with Crippen molar-refractivity contribution in [3.05, 3.63) is 0 Å². The molecule has 0 aromatic heterocycles. The van der Waals surface area contributed by atoms with E-state index in [2.05, 4.69) is 0 Å². The maximum absolute atomic E-state index is 11.4. The second-order valence-electron chi connectivity index (χ2n) is 4.32. The molecule has 2 aliphatic rings. The van der Waals surface area contributed by atoms with Crippen molar-refractivity contribution < 1.29 is 9.90 Å². The van der Waals surface area contributed by atoms with E-state index in [-0.39, 0.29) is 6.42 Å². The fourth-order valence-corrected chi connectivity index (χ4v) is 2.82. The predicted molar refractivity (Wildman–Crippen MR) is 44.2 cm³/mol. The van der Waals surface area contributed by atoms with E-state index in [1.807, 2.05) is 0 Å². The molecule has 2 aliphatic carbocycles. The summed E-state index contributed by atoms with van der Waals surface area (Å²) in [6.45, 7) is 0. The van der Waals surface area contributed by atoms with E-state index in [1.165, 1.54) is 25.7 Å². The number of carbonyl (C=O) groups excluding carboxylic acids is 1. The van der Waals surface area contributed by atoms with E-state index in [0.29, 0.717) is 11.3 Å². The van der Waals surface area contributed by atoms with Crippen LogP contribution in [0, 0.1) is 11.3 Å². The van der Waals surface area contributed by atoms with E-state index in [1.54, 1.807) is 0 Å². The van der Waals surface area contributed by atoms with Gasteiger partial charge in [0.05, 0.1) is 0 Å². The molecule has 0 heterocycles. The van der Waals surface area contributed by atoms with Crippen LogP contribution in [0.3, 0.4) is 0 Å². The Morgan fingerprint density at radius 3 is 2.67 bits per heavy atom. The Hall–Kier alpha value is -0.370. The monoisotopic (exact) mass is 167 g/mol. The molecule has 12 heavy (non-hydrogen) atoms. The summed E-state index contributed by atoms with van der Waals surface area (Å²) in [6.07, 6.45) is 6.60. The molecule has 0 aromatic rings. The summed E-state index contributed by atoms with van der Waals surface area (Å²) in [7, 11) is 0. The van der Waals surface area contributed by atoms with Crippen LogP contribution in [0.1, 0.15) is 38.5 Å². The number of aldehydes is 1. The van der Waals surface area contributed by atoms with Crippen LogP contribution >= 0.6 is 0 Å². The topological polar surface area (TPSA) is 37.0 Å². The highest BCUT2D eigenvalue weighted by Gasteiger charge is 2.57. The summed E-state index contributed by atoms with van der Waals surface area (Å²) < 4.78 is 0. The Bertz CT molecular complexity index is 182. The summed E-state index contributed by atoms with van der Waals surface area (Å²) in [5.74, 6) is 0.338. The Balaban J connectivity index is 1.89. The zero-order valence-electron chi connectivity index (χ0n) is 7.29. The Morgan fingerprint density at radius 1 is 1.42 bits per heavy atom. The van der Waals surface area contributed by atoms with Crippen LogP contribution in [0.5, 0.6) is 0 Å². The van der Waals surface area contributed by atoms with Gasteiger partial charge in [0, 0.05) is 6.42 Å². The maximum Gasteiger partial charge on any atom is 0.122 e. The van der Waals surface area contributed by atoms with Gasteiger partial charge in [0.1, 0.15) is 12.4 Å². The van der Waals surface area contributed by atoms with E-state index < -0.39 is 6.10 Å². The molecule has 0 saturated heterocycles. The second-order valence-corrected chi connectivity index (χ2v) is 4.32. The first kappa shape index (κ1) is 8.24. The highest BCUT2D eigenvalue weighted by molar-refractivity contribution is 5.50. The molecule has 2 fully saturated rings. The maximum atomic E-state index is 11.4. The van der Waals surface area contributed by atoms with Gasteiger partial charge in [-0.1, -0.05) is 12.8 Å². The van der Waals surface area contributed by atoms with Crippen LogP contribution < -0.4 is 0 Å². The van der Waals surface area contributed by atoms with Crippen molar-refractivity contribution in [2.75, 3.05) is 0 Å². The van der Waals surface area contributed by atoms with Crippen LogP contribution in [0.25, 0.3) is 0 Å². The second kappa shape index (κ2) is 2.84. The van der Waals surface area contributed by atoms with Crippen LogP contribution in [0.2, 0.25) is 0 Å². The SMILES string of the molecule is [O]C(CC=O)C1CC12CCCC2. The van der Waals surface area contributed by atoms with E-state index in [4.69, 9.17) is 0 Å². The van der Waals surface area contributed by atoms with E-state index >= 15 is 0 Å². The molecule has 0 aromatic carbocycles. The van der Waals surface area contributed by atoms with Gasteiger partial charge in [0.15, 0.2) is 0 Å². The van der Waals surface area contributed by atoms with Gasteiger partial charge in [-0.2, -0.15) is 0 Å². The molecule has 2 atom stereocenters. The first-order valence-corrected chi connectivity index (χ1v) is 4.88. The fraction of sp³-hybridized carbons (Fsp3) is 0.900. The van der Waals surface area contributed by atoms with Crippen molar-refractivity contribution in [3.8, 4) is 0 Å². The van der Waals surface area contributed by atoms with Gasteiger partial charge in [-0.3, -0.25) is 0 Å². The molecular weight excluding hydrogens is 152 g/mol. The lowest BCUT2D eigenvalue weighted by Crippen LogP contribution is -2.13. The molecule has 0 N–H and O–H groups in total. The van der Waals surface area contributed by atoms with Gasteiger partial charge >= 0.3 is 0 Å². The van der Waals surface area contributed by atoms with Crippen molar-refractivity contribution in [1.82, 2.24) is 0 Å². The van der Waals surface area contributed by atoms with Crippen molar-refractivity contribution in [2.45, 2.75) is 44.6 Å². The molecule has 2 unspecified atom stereocenters. The lowest BCUT2D eigenvalue weighted by molar-refractivity contribution is -0.110. The summed E-state index contributed by atoms with van der Waals surface area (Å²) in [4.78, 5) is 10.2. The van der Waals surface area contributed by atoms with Crippen LogP contribution in [-0.2, 0) is 9.90 Å². The molecule has 0 aliphatic heterocycles. The number of rotatable bonds is 3. The molecule has 0 amide bonds. The van der Waals surface area contributed by atoms with Gasteiger partial charge < -0.3 is 4.79 Å². The fourth-order valence-electron chi connectivity index (χ4n) is 2.82. The number of hydrogen-bond donors (Lipinski definition) is 0. The molecule has 2 saturated carbocycles. The average molecular weight is 167 g/mol. The number of carbonyl (C=O) groups is 1. The molecule has 67 valence electrons. The van der Waals surface area contributed by atoms with E-state index in [0.717, 1.165) is 12.7 Å². The minimum atomic E-state index is -0.597. The average Bonchev–Trinajstić information content (AvgIpc) is 2.51. The van der Waals surface area contributed by atoms with Crippen LogP contribution in [-0.4, -0.2) is 12.4 Å². The molecule has 2 nitrogen and oxygen atoms in total. The smallest absolute Gasteiger partial charge is 0.122 e. The first-order chi connectivity index (χ1) is 5.78. The van der Waals surface area contributed by atoms with Gasteiger partial charge in [-0.05, 0) is 30.6 Å². The Labute approximate surface area is 73.0 Å². The van der Waals surface area contributed by atoms with Gasteiger partial charge in [0.25, 0.3) is 0 Å². The van der Waals surface area contributed by atoms with E-state index in [9.17, 15) is 9.90 Å². The van der Waals surface area contributed by atoms with Crippen LogP contribution in [0.15, 0.2) is 0 Å². The minimum Gasteiger partial charge on any atom is -0.303 e. The Kier molecular flexibility index (Phi) is 1.95. The normalized spacial score (nSPS) is 33.6. The highest BCUT2D eigenvalue weighted by Crippen LogP contribution is 2.64. The molecule has 1 spiro atoms. The van der Waals surface area contributed by atoms with Crippen molar-refractivity contribution >= 4 is 6.29 Å². The standard InChI is InChI=1S/C10H15O2/c11-6-3-9(12)8-7-10(8)4-1-2-5-10/h6,8-9H,1-5,7H2. The lowest BCUT2D eigenvalue weighted by atomic mass is 9.98. The Morgan fingerprint density at radius 2 is 2.08 bits per heavy atom. The first-order valence-electron chi connectivity index (χ1n) is 4.88. The summed E-state index contributed by atoms with van der Waals surface area (Å²) in [5.41, 5.74) is 0.412. The summed E-state index contributed by atoms with van der Waals surface area (Å²) in [6, 6.07) is 0.